The summed E-state index contributed by atoms with van der Waals surface area (Å²) in [5, 5.41) is 10.8. The summed E-state index contributed by atoms with van der Waals surface area (Å²) in [7, 11) is 0. The van der Waals surface area contributed by atoms with Crippen molar-refractivity contribution in [3.8, 4) is 0 Å². The molecule has 2 saturated heterocycles. The number of anilines is 2. The molecule has 3 aromatic rings. The number of amides is 3. The number of ether oxygens (including phenoxy) is 1. The van der Waals surface area contributed by atoms with Crippen molar-refractivity contribution >= 4 is 29.1 Å². The van der Waals surface area contributed by atoms with Gasteiger partial charge in [0.1, 0.15) is 11.6 Å². The van der Waals surface area contributed by atoms with Gasteiger partial charge in [-0.15, -0.1) is 0 Å². The van der Waals surface area contributed by atoms with Crippen molar-refractivity contribution in [3.63, 3.8) is 0 Å². The van der Waals surface area contributed by atoms with E-state index < -0.39 is 42.2 Å². The van der Waals surface area contributed by atoms with E-state index >= 15 is 0 Å². The molecule has 8 heteroatoms. The fraction of sp³-hybridized carbons (Fsp3) is 0.306. The number of para-hydroxylation sites is 2. The summed E-state index contributed by atoms with van der Waals surface area (Å²) in [6, 6.07) is 22.6. The van der Waals surface area contributed by atoms with Crippen molar-refractivity contribution in [1.82, 2.24) is 4.90 Å². The minimum atomic E-state index is -1.41. The average Bonchev–Trinajstić information content (AvgIpc) is 3.35. The first-order valence-electron chi connectivity index (χ1n) is 15.1. The zero-order valence-electron chi connectivity index (χ0n) is 24.7. The Labute approximate surface area is 256 Å². The predicted octanol–water partition coefficient (Wildman–Crippen LogP) is 4.12. The van der Waals surface area contributed by atoms with E-state index in [-0.39, 0.29) is 24.3 Å². The normalized spacial score (nSPS) is 28.4. The monoisotopic (exact) mass is 589 g/mol. The van der Waals surface area contributed by atoms with Gasteiger partial charge in [0.25, 0.3) is 5.91 Å². The van der Waals surface area contributed by atoms with E-state index in [0.29, 0.717) is 12.1 Å². The number of aliphatic hydroxyl groups is 1. The Morgan fingerprint density at radius 2 is 1.48 bits per heavy atom. The van der Waals surface area contributed by atoms with Crippen molar-refractivity contribution in [1.29, 1.82) is 0 Å². The van der Waals surface area contributed by atoms with E-state index in [0.717, 1.165) is 22.5 Å². The number of benzene rings is 3. The molecule has 4 aliphatic heterocycles. The number of carbonyl (C=O) groups is 3. The van der Waals surface area contributed by atoms with E-state index in [1.54, 1.807) is 9.80 Å². The number of likely N-dealkylation sites (tertiary alicyclic amines) is 1. The third-order valence-electron chi connectivity index (χ3n) is 9.57. The van der Waals surface area contributed by atoms with Crippen LogP contribution in [-0.2, 0) is 19.1 Å². The Balaban J connectivity index is 1.39. The first-order chi connectivity index (χ1) is 21.4. The molecule has 3 aromatic carbocycles. The number of rotatable bonds is 5. The third-order valence-corrected chi connectivity index (χ3v) is 9.57. The largest absolute Gasteiger partial charge is 0.394 e. The molecule has 0 aliphatic carbocycles. The average molecular weight is 590 g/mol. The number of nitrogens with zero attached hydrogens (tertiary/aromatic N) is 3. The van der Waals surface area contributed by atoms with E-state index in [4.69, 9.17) is 4.74 Å². The quantitative estimate of drug-likeness (QED) is 0.453. The van der Waals surface area contributed by atoms with Gasteiger partial charge in [-0.05, 0) is 42.7 Å². The molecule has 1 unspecified atom stereocenters. The molecule has 0 bridgehead atoms. The third kappa shape index (κ3) is 4.16. The van der Waals surface area contributed by atoms with Crippen LogP contribution in [0.3, 0.4) is 0 Å². The lowest BCUT2D eigenvalue weighted by Crippen LogP contribution is -2.56. The lowest BCUT2D eigenvalue weighted by Gasteiger charge is -2.39. The van der Waals surface area contributed by atoms with Gasteiger partial charge in [-0.3, -0.25) is 14.4 Å². The SMILES string of the molecule is Cc1cccc(C)c1N1CC=C[C@]23O[C@H]4C=CCN(c5ccccc5)C(=O)[C@H]4[C@H]2C(=O)N([C@H](CO)c2ccccc2)C3C1=O. The second-order valence-corrected chi connectivity index (χ2v) is 12.0. The highest BCUT2D eigenvalue weighted by molar-refractivity contribution is 6.08. The molecule has 224 valence electrons. The molecule has 1 N–H and O–H groups in total. The number of hydrogen-bond acceptors (Lipinski definition) is 5. The van der Waals surface area contributed by atoms with Gasteiger partial charge in [0.15, 0.2) is 0 Å². The predicted molar refractivity (Wildman–Crippen MR) is 167 cm³/mol. The van der Waals surface area contributed by atoms with Crippen LogP contribution < -0.4 is 9.80 Å². The van der Waals surface area contributed by atoms with E-state index in [9.17, 15) is 19.5 Å². The van der Waals surface area contributed by atoms with Crippen molar-refractivity contribution in [2.45, 2.75) is 37.6 Å². The van der Waals surface area contributed by atoms with Crippen LogP contribution in [0.5, 0.6) is 0 Å². The van der Waals surface area contributed by atoms with E-state index in [1.807, 2.05) is 117 Å². The summed E-state index contributed by atoms with van der Waals surface area (Å²) in [6.07, 6.45) is 6.80. The van der Waals surface area contributed by atoms with Crippen molar-refractivity contribution in [2.75, 3.05) is 29.5 Å². The number of aryl methyl sites for hydroxylation is 2. The van der Waals surface area contributed by atoms with Gasteiger partial charge in [0.2, 0.25) is 11.8 Å². The van der Waals surface area contributed by atoms with Gasteiger partial charge in [0, 0.05) is 24.5 Å². The molecular weight excluding hydrogens is 554 g/mol. The first-order valence-corrected chi connectivity index (χ1v) is 15.1. The molecule has 0 radical (unpaired) electrons. The maximum absolute atomic E-state index is 14.9. The second kappa shape index (κ2) is 10.9. The fourth-order valence-electron chi connectivity index (χ4n) is 7.71. The van der Waals surface area contributed by atoms with E-state index in [1.165, 1.54) is 4.90 Å². The molecule has 2 fully saturated rings. The van der Waals surface area contributed by atoms with Gasteiger partial charge in [-0.1, -0.05) is 91.0 Å². The van der Waals surface area contributed by atoms with Gasteiger partial charge in [-0.2, -0.15) is 0 Å². The van der Waals surface area contributed by atoms with Crippen LogP contribution in [0.2, 0.25) is 0 Å². The van der Waals surface area contributed by atoms with Crippen LogP contribution in [0, 0.1) is 25.7 Å². The van der Waals surface area contributed by atoms with E-state index in [2.05, 4.69) is 0 Å². The maximum Gasteiger partial charge on any atom is 0.253 e. The molecule has 44 heavy (non-hydrogen) atoms. The Hall–Kier alpha value is -4.53. The standard InChI is InChI=1S/C36H35N3O5/c1-23-12-9-13-24(2)31(23)38-21-11-19-36-30(29-28(44-36)18-10-20-37(33(29)41)26-16-7-4-8-17-26)34(42)39(32(36)35(38)43)27(22-40)25-14-5-3-6-15-25/h3-19,27-30,32,40H,20-22H2,1-2H3/t27-,28+,29-,30+,32?,36+/m1/s1. The van der Waals surface area contributed by atoms with Gasteiger partial charge < -0.3 is 24.5 Å². The molecule has 0 saturated carbocycles. The minimum Gasteiger partial charge on any atom is -0.394 e. The molecule has 4 aliphatic rings. The maximum atomic E-state index is 14.9. The summed E-state index contributed by atoms with van der Waals surface area (Å²) >= 11 is 0. The molecule has 8 nitrogen and oxygen atoms in total. The number of hydrogen-bond donors (Lipinski definition) is 1. The zero-order chi connectivity index (χ0) is 30.6. The highest BCUT2D eigenvalue weighted by Crippen LogP contribution is 2.55. The van der Waals surface area contributed by atoms with Crippen LogP contribution >= 0.6 is 0 Å². The zero-order valence-corrected chi connectivity index (χ0v) is 24.7. The Kier molecular flexibility index (Phi) is 6.98. The van der Waals surface area contributed by atoms with Crippen molar-refractivity contribution in [2.24, 2.45) is 11.8 Å². The highest BCUT2D eigenvalue weighted by Gasteiger charge is 2.72. The highest BCUT2D eigenvalue weighted by atomic mass is 16.5. The lowest BCUT2D eigenvalue weighted by molar-refractivity contribution is -0.144. The number of carbonyl (C=O) groups excluding carboxylic acids is 3. The van der Waals surface area contributed by atoms with Crippen LogP contribution in [0.1, 0.15) is 22.7 Å². The summed E-state index contributed by atoms with van der Waals surface area (Å²) in [5.41, 5.74) is 2.68. The Morgan fingerprint density at radius 3 is 2.16 bits per heavy atom. The van der Waals surface area contributed by atoms with Gasteiger partial charge >= 0.3 is 0 Å². The van der Waals surface area contributed by atoms with Crippen LogP contribution in [-0.4, -0.2) is 65.2 Å². The Morgan fingerprint density at radius 1 is 0.818 bits per heavy atom. The van der Waals surface area contributed by atoms with Crippen molar-refractivity contribution in [3.05, 3.63) is 120 Å². The van der Waals surface area contributed by atoms with Crippen LogP contribution in [0.4, 0.5) is 11.4 Å². The minimum absolute atomic E-state index is 0.223. The molecule has 3 amide bonds. The molecule has 4 heterocycles. The molecule has 7 rings (SSSR count). The summed E-state index contributed by atoms with van der Waals surface area (Å²) < 4.78 is 6.83. The number of aliphatic hydroxyl groups excluding tert-OH is 1. The van der Waals surface area contributed by atoms with Crippen LogP contribution in [0.25, 0.3) is 0 Å². The smallest absolute Gasteiger partial charge is 0.253 e. The van der Waals surface area contributed by atoms with Crippen LogP contribution in [0.15, 0.2) is 103 Å². The molecule has 6 atom stereocenters. The lowest BCUT2D eigenvalue weighted by atomic mass is 9.77. The summed E-state index contributed by atoms with van der Waals surface area (Å²) in [4.78, 5) is 49.1. The fourth-order valence-corrected chi connectivity index (χ4v) is 7.71. The molecular formula is C36H35N3O5. The summed E-state index contributed by atoms with van der Waals surface area (Å²) in [6.45, 7) is 4.16. The first kappa shape index (κ1) is 28.3. The van der Waals surface area contributed by atoms with Gasteiger partial charge in [-0.25, -0.2) is 0 Å². The number of fused-ring (bicyclic) bond motifs is 2. The van der Waals surface area contributed by atoms with Gasteiger partial charge in [0.05, 0.1) is 30.6 Å². The summed E-state index contributed by atoms with van der Waals surface area (Å²) in [5.74, 6) is -2.71. The topological polar surface area (TPSA) is 90.4 Å². The second-order valence-electron chi connectivity index (χ2n) is 12.0. The van der Waals surface area contributed by atoms with Crippen molar-refractivity contribution < 1.29 is 24.2 Å². The molecule has 1 spiro atoms. The molecule has 0 aromatic heterocycles. The Bertz CT molecular complexity index is 1650.